The summed E-state index contributed by atoms with van der Waals surface area (Å²) >= 11 is 6.07. The van der Waals surface area contributed by atoms with Crippen LogP contribution in [0.25, 0.3) is 0 Å². The maximum Gasteiger partial charge on any atom is 0.274 e. The molecule has 0 bridgehead atoms. The molecule has 1 aliphatic rings. The van der Waals surface area contributed by atoms with Crippen molar-refractivity contribution in [2.75, 3.05) is 31.1 Å². The van der Waals surface area contributed by atoms with Gasteiger partial charge in [0.15, 0.2) is 0 Å². The molecule has 0 spiro atoms. The molecule has 4 rings (SSSR count). The van der Waals surface area contributed by atoms with Gasteiger partial charge in [-0.3, -0.25) is 9.59 Å². The highest BCUT2D eigenvalue weighted by molar-refractivity contribution is 6.30. The number of benzene rings is 2. The van der Waals surface area contributed by atoms with E-state index in [0.29, 0.717) is 31.2 Å². The van der Waals surface area contributed by atoms with E-state index in [0.717, 1.165) is 11.3 Å². The third-order valence-corrected chi connectivity index (χ3v) is 5.31. The maximum atomic E-state index is 13.1. The van der Waals surface area contributed by atoms with Crippen LogP contribution in [0.5, 0.6) is 0 Å². The van der Waals surface area contributed by atoms with Gasteiger partial charge in [0.25, 0.3) is 11.5 Å². The highest BCUT2D eigenvalue weighted by atomic mass is 35.5. The van der Waals surface area contributed by atoms with Gasteiger partial charge in [-0.1, -0.05) is 29.8 Å². The van der Waals surface area contributed by atoms with Crippen LogP contribution in [-0.4, -0.2) is 46.8 Å². The molecule has 0 saturated carbocycles. The predicted molar refractivity (Wildman–Crippen MR) is 114 cm³/mol. The molecule has 0 aliphatic carbocycles. The standard InChI is InChI=1S/C22H20ClFN4O2/c23-17-2-1-3-19(14-17)26-10-12-27(13-11-26)22(30)20-8-9-21(29)28(25-20)15-16-4-6-18(24)7-5-16/h1-9,14H,10-13,15H2. The molecule has 1 aromatic heterocycles. The molecule has 2 heterocycles. The summed E-state index contributed by atoms with van der Waals surface area (Å²) in [6.45, 7) is 2.62. The molecule has 3 aromatic rings. The zero-order valence-electron chi connectivity index (χ0n) is 16.2. The molecule has 6 nitrogen and oxygen atoms in total. The summed E-state index contributed by atoms with van der Waals surface area (Å²) in [4.78, 5) is 29.0. The van der Waals surface area contributed by atoms with Gasteiger partial charge >= 0.3 is 0 Å². The van der Waals surface area contributed by atoms with Crippen LogP contribution in [0.2, 0.25) is 5.02 Å². The van der Waals surface area contributed by atoms with E-state index in [-0.39, 0.29) is 29.5 Å². The number of halogens is 2. The first-order valence-corrected chi connectivity index (χ1v) is 10.00. The predicted octanol–water partition coefficient (Wildman–Crippen LogP) is 3.05. The van der Waals surface area contributed by atoms with Gasteiger partial charge in [0, 0.05) is 43.0 Å². The third kappa shape index (κ3) is 4.52. The van der Waals surface area contributed by atoms with Gasteiger partial charge in [-0.2, -0.15) is 5.10 Å². The summed E-state index contributed by atoms with van der Waals surface area (Å²) in [6, 6.07) is 16.3. The fourth-order valence-corrected chi connectivity index (χ4v) is 3.63. The molecule has 154 valence electrons. The second-order valence-electron chi connectivity index (χ2n) is 7.10. The minimum atomic E-state index is -0.347. The van der Waals surface area contributed by atoms with Gasteiger partial charge in [-0.15, -0.1) is 0 Å². The summed E-state index contributed by atoms with van der Waals surface area (Å²) in [5.74, 6) is -0.562. The minimum Gasteiger partial charge on any atom is -0.368 e. The number of carbonyl (C=O) groups is 1. The number of anilines is 1. The smallest absolute Gasteiger partial charge is 0.274 e. The number of nitrogens with zero attached hydrogens (tertiary/aromatic N) is 4. The van der Waals surface area contributed by atoms with Crippen LogP contribution >= 0.6 is 11.6 Å². The van der Waals surface area contributed by atoms with Crippen LogP contribution in [0.4, 0.5) is 10.1 Å². The minimum absolute atomic E-state index is 0.169. The molecule has 1 aliphatic heterocycles. The summed E-state index contributed by atoms with van der Waals surface area (Å²) < 4.78 is 14.3. The van der Waals surface area contributed by atoms with Crippen LogP contribution in [0.1, 0.15) is 16.1 Å². The van der Waals surface area contributed by atoms with E-state index in [1.165, 1.54) is 28.9 Å². The van der Waals surface area contributed by atoms with E-state index < -0.39 is 0 Å². The average molecular weight is 427 g/mol. The Morgan fingerprint density at radius 2 is 1.73 bits per heavy atom. The lowest BCUT2D eigenvalue weighted by atomic mass is 10.2. The van der Waals surface area contributed by atoms with Crippen molar-refractivity contribution in [2.45, 2.75) is 6.54 Å². The van der Waals surface area contributed by atoms with Gasteiger partial charge < -0.3 is 9.80 Å². The first-order valence-electron chi connectivity index (χ1n) is 9.62. The van der Waals surface area contributed by atoms with E-state index in [4.69, 9.17) is 11.6 Å². The molecule has 30 heavy (non-hydrogen) atoms. The van der Waals surface area contributed by atoms with Crippen molar-refractivity contribution in [1.82, 2.24) is 14.7 Å². The van der Waals surface area contributed by atoms with E-state index in [1.807, 2.05) is 24.3 Å². The molecule has 1 fully saturated rings. The first-order chi connectivity index (χ1) is 14.5. The lowest BCUT2D eigenvalue weighted by Gasteiger charge is -2.36. The molecule has 8 heteroatoms. The largest absolute Gasteiger partial charge is 0.368 e. The van der Waals surface area contributed by atoms with E-state index in [1.54, 1.807) is 17.0 Å². The van der Waals surface area contributed by atoms with Gasteiger partial charge in [-0.05, 0) is 42.0 Å². The van der Waals surface area contributed by atoms with Crippen molar-refractivity contribution in [3.63, 3.8) is 0 Å². The van der Waals surface area contributed by atoms with Crippen molar-refractivity contribution in [3.05, 3.63) is 93.1 Å². The molecule has 1 saturated heterocycles. The third-order valence-electron chi connectivity index (χ3n) is 5.07. The normalized spacial score (nSPS) is 14.1. The lowest BCUT2D eigenvalue weighted by molar-refractivity contribution is 0.0738. The molecule has 0 unspecified atom stereocenters. The summed E-state index contributed by atoms with van der Waals surface area (Å²) in [7, 11) is 0. The van der Waals surface area contributed by atoms with Crippen LogP contribution in [-0.2, 0) is 6.54 Å². The second-order valence-corrected chi connectivity index (χ2v) is 7.54. The van der Waals surface area contributed by atoms with Gasteiger partial charge in [0.1, 0.15) is 11.5 Å². The Labute approximate surface area is 178 Å². The number of hydrogen-bond donors (Lipinski definition) is 0. The zero-order valence-corrected chi connectivity index (χ0v) is 16.9. The summed E-state index contributed by atoms with van der Waals surface area (Å²) in [5, 5.41) is 4.92. The topological polar surface area (TPSA) is 58.4 Å². The number of piperazine rings is 1. The number of carbonyl (C=O) groups excluding carboxylic acids is 1. The van der Waals surface area contributed by atoms with E-state index in [2.05, 4.69) is 10.00 Å². The Morgan fingerprint density at radius 1 is 1.00 bits per heavy atom. The molecule has 2 aromatic carbocycles. The summed E-state index contributed by atoms with van der Waals surface area (Å²) in [5.41, 5.74) is 1.65. The fourth-order valence-electron chi connectivity index (χ4n) is 3.44. The lowest BCUT2D eigenvalue weighted by Crippen LogP contribution is -2.49. The fraction of sp³-hybridized carbons (Fsp3) is 0.227. The Hall–Kier alpha value is -3.19. The average Bonchev–Trinajstić information content (AvgIpc) is 2.76. The van der Waals surface area contributed by atoms with Crippen LogP contribution in [0, 0.1) is 5.82 Å². The van der Waals surface area contributed by atoms with Gasteiger partial charge in [0.2, 0.25) is 0 Å². The molecule has 1 amide bonds. The van der Waals surface area contributed by atoms with Gasteiger partial charge in [0.05, 0.1) is 6.54 Å². The van der Waals surface area contributed by atoms with Crippen LogP contribution < -0.4 is 10.5 Å². The summed E-state index contributed by atoms with van der Waals surface area (Å²) in [6.07, 6.45) is 0. The Morgan fingerprint density at radius 3 is 2.43 bits per heavy atom. The molecule has 0 radical (unpaired) electrons. The molecular formula is C22H20ClFN4O2. The second kappa shape index (κ2) is 8.67. The zero-order chi connectivity index (χ0) is 21.1. The van der Waals surface area contributed by atoms with Crippen molar-refractivity contribution in [3.8, 4) is 0 Å². The number of amides is 1. The highest BCUT2D eigenvalue weighted by Crippen LogP contribution is 2.21. The Balaban J connectivity index is 1.45. The van der Waals surface area contributed by atoms with Crippen LogP contribution in [0.15, 0.2) is 65.5 Å². The first kappa shape index (κ1) is 20.1. The van der Waals surface area contributed by atoms with Crippen molar-refractivity contribution in [1.29, 1.82) is 0 Å². The SMILES string of the molecule is O=C(c1ccc(=O)n(Cc2ccc(F)cc2)n1)N1CCN(c2cccc(Cl)c2)CC1. The van der Waals surface area contributed by atoms with Crippen molar-refractivity contribution < 1.29 is 9.18 Å². The van der Waals surface area contributed by atoms with E-state index in [9.17, 15) is 14.0 Å². The molecule has 0 atom stereocenters. The van der Waals surface area contributed by atoms with E-state index >= 15 is 0 Å². The maximum absolute atomic E-state index is 13.1. The number of hydrogen-bond acceptors (Lipinski definition) is 4. The number of rotatable bonds is 4. The molecular weight excluding hydrogens is 407 g/mol. The monoisotopic (exact) mass is 426 g/mol. The van der Waals surface area contributed by atoms with Crippen LogP contribution in [0.3, 0.4) is 0 Å². The molecule has 0 N–H and O–H groups in total. The quantitative estimate of drug-likeness (QED) is 0.643. The Bertz CT molecular complexity index is 1110. The van der Waals surface area contributed by atoms with Crippen molar-refractivity contribution >= 4 is 23.2 Å². The van der Waals surface area contributed by atoms with Crippen molar-refractivity contribution in [2.24, 2.45) is 0 Å². The number of aromatic nitrogens is 2. The Kier molecular flexibility index (Phi) is 5.81. The highest BCUT2D eigenvalue weighted by Gasteiger charge is 2.24. The van der Waals surface area contributed by atoms with Gasteiger partial charge in [-0.25, -0.2) is 9.07 Å².